The van der Waals surface area contributed by atoms with E-state index in [4.69, 9.17) is 14.6 Å². The quantitative estimate of drug-likeness (QED) is 0.763. The third-order valence-corrected chi connectivity index (χ3v) is 5.40. The van der Waals surface area contributed by atoms with Gasteiger partial charge in [0.2, 0.25) is 0 Å². The number of alkyl halides is 3. The Bertz CT molecular complexity index is 817. The van der Waals surface area contributed by atoms with E-state index in [0.717, 1.165) is 37.1 Å². The largest absolute Gasteiger partial charge is 0.490 e. The molecule has 2 aliphatic rings. The fourth-order valence-electron chi connectivity index (χ4n) is 3.73. The first-order valence-electron chi connectivity index (χ1n) is 10.2. The second kappa shape index (κ2) is 10.7. The Balaban J connectivity index is 0.000000339. The molecule has 0 bridgehead atoms. The Labute approximate surface area is 178 Å². The zero-order chi connectivity index (χ0) is 22.3. The lowest BCUT2D eigenvalue weighted by molar-refractivity contribution is -0.192. The monoisotopic (exact) mass is 441 g/mol. The summed E-state index contributed by atoms with van der Waals surface area (Å²) in [4.78, 5) is 15.8. The standard InChI is InChI=1S/C18H25N5O.C2HF3O2/c1-2-7-19-17(3-1)18-13-23(21-20-18)12-15-4-8-22(9-5-15)11-16-6-10-24-14-16;3-2(4,5)1(6)7/h1-3,7,13,15-16H,4-6,8-12,14H2;(H,6,7). The Kier molecular flexibility index (Phi) is 7.97. The molecule has 1 N–H and O–H groups in total. The van der Waals surface area contributed by atoms with Crippen LogP contribution in [0.1, 0.15) is 19.3 Å². The van der Waals surface area contributed by atoms with Crippen molar-refractivity contribution in [1.29, 1.82) is 0 Å². The zero-order valence-electron chi connectivity index (χ0n) is 17.0. The first-order valence-corrected chi connectivity index (χ1v) is 10.2. The van der Waals surface area contributed by atoms with Crippen LogP contribution in [0, 0.1) is 11.8 Å². The summed E-state index contributed by atoms with van der Waals surface area (Å²) < 4.78 is 39.2. The molecule has 1 unspecified atom stereocenters. The molecule has 2 saturated heterocycles. The minimum atomic E-state index is -5.08. The van der Waals surface area contributed by atoms with Gasteiger partial charge in [0, 0.05) is 25.9 Å². The van der Waals surface area contributed by atoms with Crippen molar-refractivity contribution < 1.29 is 27.8 Å². The van der Waals surface area contributed by atoms with Crippen LogP contribution in [0.15, 0.2) is 30.6 Å². The lowest BCUT2D eigenvalue weighted by Crippen LogP contribution is -2.38. The number of aliphatic carboxylic acids is 1. The van der Waals surface area contributed by atoms with Crippen LogP contribution in [-0.2, 0) is 16.1 Å². The van der Waals surface area contributed by atoms with Crippen LogP contribution in [0.5, 0.6) is 0 Å². The highest BCUT2D eigenvalue weighted by molar-refractivity contribution is 5.73. The van der Waals surface area contributed by atoms with Crippen LogP contribution in [0.3, 0.4) is 0 Å². The highest BCUT2D eigenvalue weighted by atomic mass is 19.4. The number of nitrogens with zero attached hydrogens (tertiary/aromatic N) is 5. The van der Waals surface area contributed by atoms with Crippen molar-refractivity contribution in [1.82, 2.24) is 24.9 Å². The number of pyridine rings is 1. The van der Waals surface area contributed by atoms with E-state index in [9.17, 15) is 13.2 Å². The molecule has 170 valence electrons. The Hall–Kier alpha value is -2.53. The normalized spacial score (nSPS) is 20.3. The predicted molar refractivity (Wildman–Crippen MR) is 105 cm³/mol. The number of hydrogen-bond acceptors (Lipinski definition) is 6. The summed E-state index contributed by atoms with van der Waals surface area (Å²) in [7, 11) is 0. The summed E-state index contributed by atoms with van der Waals surface area (Å²) in [6, 6.07) is 5.87. The van der Waals surface area contributed by atoms with Crippen molar-refractivity contribution in [2.45, 2.75) is 32.0 Å². The van der Waals surface area contributed by atoms with E-state index in [1.165, 1.54) is 38.9 Å². The summed E-state index contributed by atoms with van der Waals surface area (Å²) in [6.45, 7) is 6.47. The maximum atomic E-state index is 10.6. The minimum absolute atomic E-state index is 0.694. The Morgan fingerprint density at radius 1 is 1.13 bits per heavy atom. The topological polar surface area (TPSA) is 93.4 Å². The van der Waals surface area contributed by atoms with Crippen LogP contribution in [-0.4, -0.2) is 75.0 Å². The van der Waals surface area contributed by atoms with Gasteiger partial charge in [-0.1, -0.05) is 11.3 Å². The molecule has 0 saturated carbocycles. The summed E-state index contributed by atoms with van der Waals surface area (Å²) in [6.07, 6.45) is 2.44. The van der Waals surface area contributed by atoms with E-state index in [1.807, 2.05) is 29.1 Å². The molecule has 0 aromatic carbocycles. The van der Waals surface area contributed by atoms with Crippen molar-refractivity contribution >= 4 is 5.97 Å². The molecule has 0 amide bonds. The summed E-state index contributed by atoms with van der Waals surface area (Å²) in [5.74, 6) is -1.32. The van der Waals surface area contributed by atoms with Crippen molar-refractivity contribution in [3.8, 4) is 11.4 Å². The van der Waals surface area contributed by atoms with Crippen LogP contribution in [0.2, 0.25) is 0 Å². The number of piperidine rings is 1. The van der Waals surface area contributed by atoms with Gasteiger partial charge in [-0.2, -0.15) is 13.2 Å². The molecule has 2 aromatic rings. The van der Waals surface area contributed by atoms with Crippen molar-refractivity contribution in [3.05, 3.63) is 30.6 Å². The van der Waals surface area contributed by atoms with Gasteiger partial charge in [0.15, 0.2) is 0 Å². The third kappa shape index (κ3) is 7.28. The first-order chi connectivity index (χ1) is 14.8. The van der Waals surface area contributed by atoms with E-state index in [0.29, 0.717) is 5.92 Å². The number of aromatic nitrogens is 4. The average Bonchev–Trinajstić information content (AvgIpc) is 3.42. The second-order valence-corrected chi connectivity index (χ2v) is 7.82. The summed E-state index contributed by atoms with van der Waals surface area (Å²) >= 11 is 0. The lowest BCUT2D eigenvalue weighted by atomic mass is 9.96. The maximum absolute atomic E-state index is 10.6. The van der Waals surface area contributed by atoms with Gasteiger partial charge in [-0.15, -0.1) is 5.10 Å². The number of carbonyl (C=O) groups is 1. The molecule has 0 radical (unpaired) electrons. The Morgan fingerprint density at radius 2 is 1.87 bits per heavy atom. The van der Waals surface area contributed by atoms with Crippen LogP contribution in [0.4, 0.5) is 13.2 Å². The fourth-order valence-corrected chi connectivity index (χ4v) is 3.73. The molecule has 1 atom stereocenters. The molecule has 11 heteroatoms. The van der Waals surface area contributed by atoms with Gasteiger partial charge in [0.1, 0.15) is 5.69 Å². The van der Waals surface area contributed by atoms with E-state index < -0.39 is 12.1 Å². The molecule has 4 rings (SSSR count). The number of carboxylic acid groups (broad SMARTS) is 1. The molecule has 2 aromatic heterocycles. The third-order valence-electron chi connectivity index (χ3n) is 5.40. The van der Waals surface area contributed by atoms with Gasteiger partial charge in [-0.3, -0.25) is 9.67 Å². The number of likely N-dealkylation sites (tertiary alicyclic amines) is 1. The molecule has 31 heavy (non-hydrogen) atoms. The molecule has 2 fully saturated rings. The minimum Gasteiger partial charge on any atom is -0.475 e. The van der Waals surface area contributed by atoms with Gasteiger partial charge in [-0.05, 0) is 56.3 Å². The second-order valence-electron chi connectivity index (χ2n) is 7.82. The molecule has 2 aliphatic heterocycles. The van der Waals surface area contributed by atoms with Gasteiger partial charge < -0.3 is 14.7 Å². The van der Waals surface area contributed by atoms with Gasteiger partial charge in [-0.25, -0.2) is 4.79 Å². The highest BCUT2D eigenvalue weighted by Gasteiger charge is 2.38. The maximum Gasteiger partial charge on any atom is 0.490 e. The number of carboxylic acids is 1. The van der Waals surface area contributed by atoms with Crippen molar-refractivity contribution in [3.63, 3.8) is 0 Å². The number of rotatable bonds is 5. The van der Waals surface area contributed by atoms with Crippen LogP contribution >= 0.6 is 0 Å². The number of ether oxygens (including phenoxy) is 1. The number of halogens is 3. The molecular formula is C20H26F3N5O3. The molecule has 0 spiro atoms. The van der Waals surface area contributed by atoms with Crippen LogP contribution in [0.25, 0.3) is 11.4 Å². The van der Waals surface area contributed by atoms with E-state index in [-0.39, 0.29) is 0 Å². The Morgan fingerprint density at radius 3 is 2.45 bits per heavy atom. The van der Waals surface area contributed by atoms with Crippen molar-refractivity contribution in [2.24, 2.45) is 11.8 Å². The van der Waals surface area contributed by atoms with E-state index in [1.54, 1.807) is 6.20 Å². The smallest absolute Gasteiger partial charge is 0.475 e. The average molecular weight is 441 g/mol. The van der Waals surface area contributed by atoms with Crippen LogP contribution < -0.4 is 0 Å². The highest BCUT2D eigenvalue weighted by Crippen LogP contribution is 2.22. The van der Waals surface area contributed by atoms with Gasteiger partial charge in [0.25, 0.3) is 0 Å². The van der Waals surface area contributed by atoms with Gasteiger partial charge in [0.05, 0.1) is 18.5 Å². The van der Waals surface area contributed by atoms with Gasteiger partial charge >= 0.3 is 12.1 Å². The fraction of sp³-hybridized carbons (Fsp3) is 0.600. The SMILES string of the molecule is O=C(O)C(F)(F)F.c1ccc(-c2cn(CC3CCN(CC4CCOC4)CC3)nn2)nc1. The first kappa shape index (κ1) is 23.1. The molecule has 8 nitrogen and oxygen atoms in total. The van der Waals surface area contributed by atoms with E-state index in [2.05, 4.69) is 20.2 Å². The number of hydrogen-bond donors (Lipinski definition) is 1. The molecule has 0 aliphatic carbocycles. The zero-order valence-corrected chi connectivity index (χ0v) is 17.0. The summed E-state index contributed by atoms with van der Waals surface area (Å²) in [5, 5.41) is 15.7. The molecule has 4 heterocycles. The van der Waals surface area contributed by atoms with E-state index >= 15 is 0 Å². The summed E-state index contributed by atoms with van der Waals surface area (Å²) in [5.41, 5.74) is 1.74. The predicted octanol–water partition coefficient (Wildman–Crippen LogP) is 2.72. The molecular weight excluding hydrogens is 415 g/mol. The lowest BCUT2D eigenvalue weighted by Gasteiger charge is -2.33. The van der Waals surface area contributed by atoms with Crippen molar-refractivity contribution in [2.75, 3.05) is 32.8 Å².